The first-order chi connectivity index (χ1) is 7.72. The monoisotopic (exact) mass is 226 g/mol. The van der Waals surface area contributed by atoms with Gasteiger partial charge in [-0.25, -0.2) is 10.1 Å². The van der Waals surface area contributed by atoms with E-state index in [1.54, 1.807) is 0 Å². The second-order valence-electron chi connectivity index (χ2n) is 3.12. The molecular formula is C4H6N10O2. The molecule has 12 heteroatoms. The summed E-state index contributed by atoms with van der Waals surface area (Å²) < 4.78 is 0. The van der Waals surface area contributed by atoms with Crippen molar-refractivity contribution < 1.29 is 5.03 Å². The summed E-state index contributed by atoms with van der Waals surface area (Å²) in [6.45, 7) is 0. The summed E-state index contributed by atoms with van der Waals surface area (Å²) in [5.41, 5.74) is 2.88. The molecule has 1 saturated heterocycles. The maximum atomic E-state index is 10.2. The van der Waals surface area contributed by atoms with Gasteiger partial charge in [0, 0.05) is 0 Å². The van der Waals surface area contributed by atoms with E-state index in [1.165, 1.54) is 4.79 Å². The van der Waals surface area contributed by atoms with E-state index >= 15 is 0 Å². The topological polar surface area (TPSA) is 147 Å². The number of fused-ring (bicyclic) bond motifs is 2. The lowest BCUT2D eigenvalue weighted by Gasteiger charge is -2.26. The van der Waals surface area contributed by atoms with E-state index in [2.05, 4.69) is 42.0 Å². The van der Waals surface area contributed by atoms with Crippen LogP contribution in [0.3, 0.4) is 0 Å². The molecule has 0 spiro atoms. The number of nitrogens with zero attached hydrogens (tertiary/aromatic N) is 6. The van der Waals surface area contributed by atoms with Gasteiger partial charge in [-0.2, -0.15) is 0 Å². The Morgan fingerprint density at radius 3 is 3.00 bits per heavy atom. The molecule has 4 N–H and O–H groups in total. The average molecular weight is 226 g/mol. The Kier molecular flexibility index (Phi) is 1.57. The molecule has 3 rings (SSSR count). The molecule has 0 radical (unpaired) electrons. The standard InChI is InChI=1S/C4H6N10O2/c15-14(16)10-3-5-1-2(6-3)9-13-4(7-1)8-11-12-13/h1-2,9H,(H2,5,6,10)(H,7,8,12). The number of nitro groups is 1. The SMILES string of the molecule is O=[N+]([O-])N=C1NC2Nc3nnnn3NC2N1. The minimum Gasteiger partial charge on any atom is -0.328 e. The molecule has 0 aliphatic carbocycles. The van der Waals surface area contributed by atoms with E-state index in [1.807, 2.05) is 0 Å². The number of nitrogens with one attached hydrogen (secondary N) is 4. The van der Waals surface area contributed by atoms with Crippen molar-refractivity contribution >= 4 is 11.9 Å². The van der Waals surface area contributed by atoms with Crippen LogP contribution in [0.25, 0.3) is 0 Å². The van der Waals surface area contributed by atoms with Gasteiger partial charge in [-0.15, -0.1) is 4.79 Å². The van der Waals surface area contributed by atoms with Crippen molar-refractivity contribution in [2.45, 2.75) is 12.3 Å². The van der Waals surface area contributed by atoms with Gasteiger partial charge in [0.1, 0.15) is 11.3 Å². The number of hydrazone groups is 1. The van der Waals surface area contributed by atoms with E-state index in [0.29, 0.717) is 5.95 Å². The summed E-state index contributed by atoms with van der Waals surface area (Å²) >= 11 is 0. The molecule has 2 aliphatic rings. The highest BCUT2D eigenvalue weighted by Gasteiger charge is 2.37. The van der Waals surface area contributed by atoms with Gasteiger partial charge in [0.15, 0.2) is 11.2 Å². The third kappa shape index (κ3) is 1.23. The maximum Gasteiger partial charge on any atom is 0.272 e. The Bertz CT molecular complexity index is 435. The van der Waals surface area contributed by atoms with Gasteiger partial charge in [0.2, 0.25) is 0 Å². The number of tetrazole rings is 1. The molecule has 1 aromatic heterocycles. The van der Waals surface area contributed by atoms with Crippen LogP contribution < -0.4 is 21.4 Å². The van der Waals surface area contributed by atoms with Crippen molar-refractivity contribution in [2.24, 2.45) is 5.10 Å². The van der Waals surface area contributed by atoms with Crippen molar-refractivity contribution in [1.82, 2.24) is 30.9 Å². The molecule has 3 heterocycles. The van der Waals surface area contributed by atoms with E-state index < -0.39 is 5.03 Å². The number of hydrogen-bond acceptors (Lipinski definition) is 7. The van der Waals surface area contributed by atoms with E-state index in [4.69, 9.17) is 0 Å². The van der Waals surface area contributed by atoms with Crippen LogP contribution in [-0.2, 0) is 0 Å². The summed E-state index contributed by atoms with van der Waals surface area (Å²) in [7, 11) is 0. The number of anilines is 1. The Morgan fingerprint density at radius 1 is 1.38 bits per heavy atom. The van der Waals surface area contributed by atoms with Crippen LogP contribution in [0.15, 0.2) is 5.10 Å². The van der Waals surface area contributed by atoms with Crippen molar-refractivity contribution in [3.63, 3.8) is 0 Å². The molecule has 0 amide bonds. The minimum atomic E-state index is -0.787. The predicted octanol–water partition coefficient (Wildman–Crippen LogP) is -2.97. The lowest BCUT2D eigenvalue weighted by atomic mass is 10.4. The fourth-order valence-corrected chi connectivity index (χ4v) is 1.50. The van der Waals surface area contributed by atoms with Crippen LogP contribution in [-0.4, -0.2) is 43.6 Å². The molecule has 84 valence electrons. The molecule has 0 saturated carbocycles. The summed E-state index contributed by atoms with van der Waals surface area (Å²) in [6, 6.07) is 0. The van der Waals surface area contributed by atoms with Crippen molar-refractivity contribution in [3.8, 4) is 0 Å². The first kappa shape index (κ1) is 8.63. The van der Waals surface area contributed by atoms with Gasteiger partial charge in [0.05, 0.1) is 0 Å². The van der Waals surface area contributed by atoms with Crippen LogP contribution in [0, 0.1) is 10.1 Å². The first-order valence-electron chi connectivity index (χ1n) is 4.30. The molecule has 12 nitrogen and oxygen atoms in total. The summed E-state index contributed by atoms with van der Waals surface area (Å²) in [5.74, 6) is 0.483. The van der Waals surface area contributed by atoms with Gasteiger partial charge in [-0.1, -0.05) is 5.10 Å². The van der Waals surface area contributed by atoms with Gasteiger partial charge < -0.3 is 16.0 Å². The van der Waals surface area contributed by atoms with Gasteiger partial charge >= 0.3 is 0 Å². The third-order valence-electron chi connectivity index (χ3n) is 2.11. The fraction of sp³-hybridized carbons (Fsp3) is 0.500. The number of aromatic nitrogens is 4. The molecular weight excluding hydrogens is 220 g/mol. The van der Waals surface area contributed by atoms with E-state index in [9.17, 15) is 10.1 Å². The Labute approximate surface area is 87.2 Å². The maximum absolute atomic E-state index is 10.2. The Morgan fingerprint density at radius 2 is 2.19 bits per heavy atom. The largest absolute Gasteiger partial charge is 0.328 e. The average Bonchev–Trinajstić information content (AvgIpc) is 2.76. The number of guanidine groups is 1. The van der Waals surface area contributed by atoms with Crippen molar-refractivity contribution in [3.05, 3.63) is 10.1 Å². The van der Waals surface area contributed by atoms with Crippen LogP contribution >= 0.6 is 0 Å². The van der Waals surface area contributed by atoms with Gasteiger partial charge in [0.25, 0.3) is 11.9 Å². The van der Waals surface area contributed by atoms with Crippen LogP contribution in [0.5, 0.6) is 0 Å². The highest BCUT2D eigenvalue weighted by atomic mass is 16.7. The lowest BCUT2D eigenvalue weighted by Crippen LogP contribution is -2.52. The Hall–Kier alpha value is -2.66. The molecule has 2 atom stereocenters. The number of hydrogen-bond donors (Lipinski definition) is 4. The summed E-state index contributed by atoms with van der Waals surface area (Å²) in [5, 5.41) is 31.8. The highest BCUT2D eigenvalue weighted by molar-refractivity contribution is 5.83. The molecule has 0 aromatic carbocycles. The molecule has 1 fully saturated rings. The number of rotatable bonds is 1. The second kappa shape index (κ2) is 2.91. The lowest BCUT2D eigenvalue weighted by molar-refractivity contribution is -0.485. The quantitative estimate of drug-likeness (QED) is 0.291. The van der Waals surface area contributed by atoms with E-state index in [-0.39, 0.29) is 18.3 Å². The Balaban J connectivity index is 1.81. The molecule has 1 aromatic rings. The van der Waals surface area contributed by atoms with E-state index in [0.717, 1.165) is 0 Å². The van der Waals surface area contributed by atoms with Gasteiger partial charge in [-0.05, 0) is 10.4 Å². The first-order valence-corrected chi connectivity index (χ1v) is 4.30. The molecule has 2 unspecified atom stereocenters. The highest BCUT2D eigenvalue weighted by Crippen LogP contribution is 2.11. The zero-order valence-corrected chi connectivity index (χ0v) is 7.65. The summed E-state index contributed by atoms with van der Waals surface area (Å²) in [6.07, 6.45) is -0.633. The molecule has 2 aliphatic heterocycles. The summed E-state index contributed by atoms with van der Waals surface area (Å²) in [4.78, 5) is 11.5. The molecule has 16 heavy (non-hydrogen) atoms. The second-order valence-corrected chi connectivity index (χ2v) is 3.12. The van der Waals surface area contributed by atoms with Crippen LogP contribution in [0.4, 0.5) is 5.95 Å². The normalized spacial score (nSPS) is 28.1. The third-order valence-corrected chi connectivity index (χ3v) is 2.11. The minimum absolute atomic E-state index is 0.0683. The zero-order valence-electron chi connectivity index (χ0n) is 7.65. The van der Waals surface area contributed by atoms with Crippen LogP contribution in [0.2, 0.25) is 0 Å². The smallest absolute Gasteiger partial charge is 0.272 e. The van der Waals surface area contributed by atoms with Crippen LogP contribution in [0.1, 0.15) is 0 Å². The zero-order chi connectivity index (χ0) is 11.1. The fourth-order valence-electron chi connectivity index (χ4n) is 1.50. The van der Waals surface area contributed by atoms with Crippen molar-refractivity contribution in [2.75, 3.05) is 10.7 Å². The molecule has 0 bridgehead atoms. The predicted molar refractivity (Wildman–Crippen MR) is 49.1 cm³/mol. The van der Waals surface area contributed by atoms with Crippen molar-refractivity contribution in [1.29, 1.82) is 0 Å². The van der Waals surface area contributed by atoms with Gasteiger partial charge in [-0.3, -0.25) is 5.43 Å².